The molecule has 3 aromatic rings. The van der Waals surface area contributed by atoms with E-state index in [2.05, 4.69) is 19.9 Å². The smallest absolute Gasteiger partial charge is 0.254 e. The van der Waals surface area contributed by atoms with Gasteiger partial charge >= 0.3 is 0 Å². The zero-order valence-electron chi connectivity index (χ0n) is 14.6. The summed E-state index contributed by atoms with van der Waals surface area (Å²) in [6, 6.07) is 11.6. The van der Waals surface area contributed by atoms with Crippen molar-refractivity contribution in [3.63, 3.8) is 0 Å². The van der Waals surface area contributed by atoms with Gasteiger partial charge in [-0.15, -0.1) is 0 Å². The average molecular weight is 363 g/mol. The number of benzene rings is 1. The molecule has 0 radical (unpaired) electrons. The van der Waals surface area contributed by atoms with E-state index < -0.39 is 0 Å². The second-order valence-electron chi connectivity index (χ2n) is 6.28. The van der Waals surface area contributed by atoms with Gasteiger partial charge in [-0.1, -0.05) is 0 Å². The fourth-order valence-corrected chi connectivity index (χ4v) is 3.11. The molecule has 3 heterocycles. The van der Waals surface area contributed by atoms with Crippen LogP contribution in [0.2, 0.25) is 0 Å². The number of hydrogen-bond donors (Lipinski definition) is 0. The topological polar surface area (TPSA) is 62.2 Å². The first-order valence-electron chi connectivity index (χ1n) is 8.73. The molecule has 0 N–H and O–H groups in total. The Morgan fingerprint density at radius 3 is 2.33 bits per heavy atom. The molecule has 0 aliphatic carbocycles. The summed E-state index contributed by atoms with van der Waals surface area (Å²) in [5.41, 5.74) is 2.24. The highest BCUT2D eigenvalue weighted by atomic mass is 19.1. The number of aromatic nitrogens is 3. The van der Waals surface area contributed by atoms with E-state index in [4.69, 9.17) is 0 Å². The van der Waals surface area contributed by atoms with Crippen molar-refractivity contribution in [2.75, 3.05) is 31.1 Å². The van der Waals surface area contributed by atoms with Crippen molar-refractivity contribution < 1.29 is 9.18 Å². The molecule has 0 saturated carbocycles. The molecular formula is C20H18FN5O. The minimum absolute atomic E-state index is 0.0201. The van der Waals surface area contributed by atoms with Gasteiger partial charge in [-0.05, 0) is 36.4 Å². The Kier molecular flexibility index (Phi) is 4.74. The predicted molar refractivity (Wildman–Crippen MR) is 99.8 cm³/mol. The third-order valence-electron chi connectivity index (χ3n) is 4.61. The zero-order valence-corrected chi connectivity index (χ0v) is 14.6. The lowest BCUT2D eigenvalue weighted by molar-refractivity contribution is 0.0746. The van der Waals surface area contributed by atoms with E-state index in [0.717, 1.165) is 17.1 Å². The molecule has 6 nitrogen and oxygen atoms in total. The number of amides is 1. The van der Waals surface area contributed by atoms with E-state index in [1.807, 2.05) is 11.0 Å². The Bertz CT molecular complexity index is 925. The van der Waals surface area contributed by atoms with Crippen LogP contribution in [0.3, 0.4) is 0 Å². The number of hydrogen-bond acceptors (Lipinski definition) is 5. The molecule has 1 saturated heterocycles. The van der Waals surface area contributed by atoms with Crippen LogP contribution in [0.5, 0.6) is 0 Å². The Morgan fingerprint density at radius 2 is 1.63 bits per heavy atom. The van der Waals surface area contributed by atoms with E-state index in [1.165, 1.54) is 18.5 Å². The molecule has 1 fully saturated rings. The summed E-state index contributed by atoms with van der Waals surface area (Å²) in [7, 11) is 0. The third kappa shape index (κ3) is 3.76. The Balaban J connectivity index is 1.45. The number of carbonyl (C=O) groups excluding carboxylic acids is 1. The van der Waals surface area contributed by atoms with Crippen LogP contribution in [0.15, 0.2) is 61.2 Å². The van der Waals surface area contributed by atoms with E-state index >= 15 is 0 Å². The van der Waals surface area contributed by atoms with Crippen molar-refractivity contribution in [3.05, 3.63) is 72.6 Å². The summed E-state index contributed by atoms with van der Waals surface area (Å²) in [6.07, 6.45) is 4.77. The number of anilines is 1. The number of halogens is 1. The molecule has 0 unspecified atom stereocenters. The Morgan fingerprint density at radius 1 is 0.926 bits per heavy atom. The van der Waals surface area contributed by atoms with Crippen molar-refractivity contribution in [1.82, 2.24) is 19.9 Å². The lowest BCUT2D eigenvalue weighted by Crippen LogP contribution is -2.49. The normalized spacial score (nSPS) is 14.3. The van der Waals surface area contributed by atoms with Crippen LogP contribution in [0.4, 0.5) is 10.2 Å². The zero-order chi connectivity index (χ0) is 18.6. The van der Waals surface area contributed by atoms with Crippen LogP contribution in [-0.2, 0) is 0 Å². The van der Waals surface area contributed by atoms with E-state index in [-0.39, 0.29) is 11.7 Å². The van der Waals surface area contributed by atoms with Gasteiger partial charge in [0.1, 0.15) is 18.0 Å². The first-order valence-corrected chi connectivity index (χ1v) is 8.73. The van der Waals surface area contributed by atoms with Gasteiger partial charge in [0, 0.05) is 55.8 Å². The number of carbonyl (C=O) groups is 1. The highest BCUT2D eigenvalue weighted by molar-refractivity contribution is 5.94. The fourth-order valence-electron chi connectivity index (χ4n) is 3.11. The molecule has 0 bridgehead atoms. The van der Waals surface area contributed by atoms with Crippen molar-refractivity contribution in [2.24, 2.45) is 0 Å². The van der Waals surface area contributed by atoms with Crippen LogP contribution < -0.4 is 4.90 Å². The SMILES string of the molecule is O=C(c1ccncc1)N1CCN(c2cc(-c3ccc(F)cc3)ncn2)CC1. The van der Waals surface area contributed by atoms with Gasteiger partial charge in [0.25, 0.3) is 5.91 Å². The second-order valence-corrected chi connectivity index (χ2v) is 6.28. The first-order chi connectivity index (χ1) is 13.2. The van der Waals surface area contributed by atoms with Crippen molar-refractivity contribution in [3.8, 4) is 11.3 Å². The molecule has 2 aromatic heterocycles. The molecule has 0 atom stereocenters. The van der Waals surface area contributed by atoms with Gasteiger partial charge < -0.3 is 9.80 Å². The van der Waals surface area contributed by atoms with Gasteiger partial charge in [-0.25, -0.2) is 14.4 Å². The Labute approximate surface area is 156 Å². The molecule has 4 rings (SSSR count). The van der Waals surface area contributed by atoms with Gasteiger partial charge in [0.15, 0.2) is 0 Å². The molecular weight excluding hydrogens is 345 g/mol. The average Bonchev–Trinajstić information content (AvgIpc) is 2.75. The molecule has 136 valence electrons. The van der Waals surface area contributed by atoms with E-state index in [0.29, 0.717) is 31.7 Å². The fraction of sp³-hybridized carbons (Fsp3) is 0.200. The van der Waals surface area contributed by atoms with Gasteiger partial charge in [0.2, 0.25) is 0 Å². The quantitative estimate of drug-likeness (QED) is 0.716. The third-order valence-corrected chi connectivity index (χ3v) is 4.61. The van der Waals surface area contributed by atoms with Crippen molar-refractivity contribution >= 4 is 11.7 Å². The molecule has 0 spiro atoms. The summed E-state index contributed by atoms with van der Waals surface area (Å²) in [5, 5.41) is 0. The van der Waals surface area contributed by atoms with Crippen LogP contribution in [0.1, 0.15) is 10.4 Å². The lowest BCUT2D eigenvalue weighted by atomic mass is 10.1. The van der Waals surface area contributed by atoms with Crippen LogP contribution in [0.25, 0.3) is 11.3 Å². The van der Waals surface area contributed by atoms with Gasteiger partial charge in [-0.2, -0.15) is 0 Å². The number of pyridine rings is 1. The first kappa shape index (κ1) is 17.1. The monoisotopic (exact) mass is 363 g/mol. The predicted octanol–water partition coefficient (Wildman–Crippen LogP) is 2.64. The van der Waals surface area contributed by atoms with Crippen LogP contribution in [0, 0.1) is 5.82 Å². The minimum Gasteiger partial charge on any atom is -0.353 e. The molecule has 7 heteroatoms. The maximum atomic E-state index is 13.1. The molecule has 27 heavy (non-hydrogen) atoms. The molecule has 1 amide bonds. The second kappa shape index (κ2) is 7.49. The highest BCUT2D eigenvalue weighted by Gasteiger charge is 2.23. The standard InChI is InChI=1S/C20H18FN5O/c21-17-3-1-15(2-4-17)18-13-19(24-14-23-18)25-9-11-26(12-10-25)20(27)16-5-7-22-8-6-16/h1-8,13-14H,9-12H2. The lowest BCUT2D eigenvalue weighted by Gasteiger charge is -2.35. The van der Waals surface area contributed by atoms with Crippen molar-refractivity contribution in [2.45, 2.75) is 0 Å². The van der Waals surface area contributed by atoms with Crippen LogP contribution >= 0.6 is 0 Å². The van der Waals surface area contributed by atoms with Crippen LogP contribution in [-0.4, -0.2) is 51.9 Å². The highest BCUT2D eigenvalue weighted by Crippen LogP contribution is 2.22. The number of piperazine rings is 1. The summed E-state index contributed by atoms with van der Waals surface area (Å²) >= 11 is 0. The molecule has 1 aliphatic rings. The Hall–Kier alpha value is -3.35. The summed E-state index contributed by atoms with van der Waals surface area (Å²) in [4.78, 5) is 29.1. The molecule has 1 aromatic carbocycles. The largest absolute Gasteiger partial charge is 0.353 e. The number of nitrogens with zero attached hydrogens (tertiary/aromatic N) is 5. The summed E-state index contributed by atoms with van der Waals surface area (Å²) in [6.45, 7) is 2.63. The summed E-state index contributed by atoms with van der Waals surface area (Å²) < 4.78 is 13.1. The summed E-state index contributed by atoms with van der Waals surface area (Å²) in [5.74, 6) is 0.551. The van der Waals surface area contributed by atoms with Gasteiger partial charge in [0.05, 0.1) is 5.69 Å². The van der Waals surface area contributed by atoms with E-state index in [9.17, 15) is 9.18 Å². The minimum atomic E-state index is -0.275. The maximum Gasteiger partial charge on any atom is 0.254 e. The number of rotatable bonds is 3. The van der Waals surface area contributed by atoms with Crippen molar-refractivity contribution in [1.29, 1.82) is 0 Å². The molecule has 1 aliphatic heterocycles. The van der Waals surface area contributed by atoms with Gasteiger partial charge in [-0.3, -0.25) is 9.78 Å². The maximum absolute atomic E-state index is 13.1. The van der Waals surface area contributed by atoms with E-state index in [1.54, 1.807) is 36.7 Å².